The summed E-state index contributed by atoms with van der Waals surface area (Å²) in [7, 11) is 0. The molecule has 35 heavy (non-hydrogen) atoms. The van der Waals surface area contributed by atoms with E-state index in [1.54, 1.807) is 16.0 Å². The predicted octanol–water partition coefficient (Wildman–Crippen LogP) is 2.47. The number of nitrogens with zero attached hydrogens (tertiary/aromatic N) is 4. The number of anilines is 1. The number of benzene rings is 2. The molecule has 0 aliphatic carbocycles. The van der Waals surface area contributed by atoms with E-state index in [9.17, 15) is 14.4 Å². The van der Waals surface area contributed by atoms with Crippen LogP contribution in [0.1, 0.15) is 17.5 Å². The van der Waals surface area contributed by atoms with Crippen molar-refractivity contribution in [1.29, 1.82) is 0 Å². The highest BCUT2D eigenvalue weighted by Gasteiger charge is 2.27. The number of rotatable bonds is 9. The van der Waals surface area contributed by atoms with Gasteiger partial charge in [-0.05, 0) is 24.6 Å². The van der Waals surface area contributed by atoms with Crippen molar-refractivity contribution < 1.29 is 19.1 Å². The highest BCUT2D eigenvalue weighted by Crippen LogP contribution is 2.13. The zero-order valence-corrected chi connectivity index (χ0v) is 19.7. The molecular formula is C26H29N5O4. The minimum Gasteiger partial charge on any atom is -0.493 e. The van der Waals surface area contributed by atoms with Gasteiger partial charge in [0.2, 0.25) is 17.7 Å². The van der Waals surface area contributed by atoms with Gasteiger partial charge >= 0.3 is 0 Å². The Morgan fingerprint density at radius 2 is 1.91 bits per heavy atom. The first kappa shape index (κ1) is 24.0. The molecule has 1 aliphatic rings. The number of ether oxygens (including phenoxy) is 1. The van der Waals surface area contributed by atoms with Gasteiger partial charge in [-0.15, -0.1) is 0 Å². The van der Waals surface area contributed by atoms with Gasteiger partial charge in [-0.25, -0.2) is 0 Å². The van der Waals surface area contributed by atoms with Crippen LogP contribution in [0, 0.1) is 6.92 Å². The van der Waals surface area contributed by atoms with E-state index in [0.717, 1.165) is 11.1 Å². The van der Waals surface area contributed by atoms with Crippen molar-refractivity contribution in [3.8, 4) is 5.75 Å². The lowest BCUT2D eigenvalue weighted by molar-refractivity contribution is -0.146. The summed E-state index contributed by atoms with van der Waals surface area (Å²) in [5.41, 5.74) is 2.73. The maximum Gasteiger partial charge on any atom is 0.244 e. The van der Waals surface area contributed by atoms with Crippen LogP contribution in [-0.2, 0) is 27.5 Å². The number of amides is 3. The highest BCUT2D eigenvalue weighted by molar-refractivity contribution is 5.90. The maximum atomic E-state index is 12.7. The summed E-state index contributed by atoms with van der Waals surface area (Å²) in [6.07, 6.45) is 3.28. The number of aryl methyl sites for hydroxylation is 1. The Hall–Kier alpha value is -4.14. The van der Waals surface area contributed by atoms with Gasteiger partial charge < -0.3 is 19.9 Å². The number of hydrogen-bond acceptors (Lipinski definition) is 5. The summed E-state index contributed by atoms with van der Waals surface area (Å²) in [5.74, 6) is 0.242. The minimum atomic E-state index is -0.206. The third-order valence-electron chi connectivity index (χ3n) is 5.68. The second-order valence-corrected chi connectivity index (χ2v) is 8.51. The lowest BCUT2D eigenvalue weighted by Crippen LogP contribution is -2.52. The van der Waals surface area contributed by atoms with Crippen LogP contribution in [0.25, 0.3) is 0 Å². The number of aromatic nitrogens is 2. The highest BCUT2D eigenvalue weighted by atomic mass is 16.5. The molecule has 1 aliphatic heterocycles. The van der Waals surface area contributed by atoms with Crippen LogP contribution in [0.5, 0.6) is 5.75 Å². The van der Waals surface area contributed by atoms with Gasteiger partial charge in [-0.1, -0.05) is 48.0 Å². The molecule has 0 unspecified atom stereocenters. The third kappa shape index (κ3) is 6.92. The molecule has 1 aromatic heterocycles. The molecular weight excluding hydrogens is 446 g/mol. The van der Waals surface area contributed by atoms with E-state index in [1.165, 1.54) is 10.9 Å². The molecule has 2 heterocycles. The second kappa shape index (κ2) is 11.3. The molecule has 0 atom stereocenters. The van der Waals surface area contributed by atoms with Crippen LogP contribution in [0.4, 0.5) is 5.69 Å². The second-order valence-electron chi connectivity index (χ2n) is 8.51. The molecule has 0 spiro atoms. The molecule has 2 aromatic carbocycles. The Morgan fingerprint density at radius 1 is 1.09 bits per heavy atom. The Labute approximate surface area is 204 Å². The fraction of sp³-hybridized carbons (Fsp3) is 0.308. The maximum absolute atomic E-state index is 12.7. The Morgan fingerprint density at radius 3 is 2.69 bits per heavy atom. The molecule has 9 heteroatoms. The van der Waals surface area contributed by atoms with Gasteiger partial charge in [0.05, 0.1) is 31.5 Å². The summed E-state index contributed by atoms with van der Waals surface area (Å²) >= 11 is 0. The molecule has 4 rings (SSSR count). The number of carbonyl (C=O) groups excluding carboxylic acids is 3. The number of hydrogen-bond donors (Lipinski definition) is 1. The molecule has 3 amide bonds. The molecule has 1 N–H and O–H groups in total. The van der Waals surface area contributed by atoms with E-state index in [2.05, 4.69) is 16.5 Å². The largest absolute Gasteiger partial charge is 0.493 e. The lowest BCUT2D eigenvalue weighted by atomic mass is 10.1. The van der Waals surface area contributed by atoms with E-state index in [-0.39, 0.29) is 43.8 Å². The average Bonchev–Trinajstić information content (AvgIpc) is 3.27. The molecule has 1 saturated heterocycles. The van der Waals surface area contributed by atoms with Gasteiger partial charge in [0.1, 0.15) is 12.3 Å². The monoisotopic (exact) mass is 475 g/mol. The van der Waals surface area contributed by atoms with Crippen LogP contribution in [-0.4, -0.2) is 63.5 Å². The van der Waals surface area contributed by atoms with Crippen molar-refractivity contribution in [3.63, 3.8) is 0 Å². The van der Waals surface area contributed by atoms with Gasteiger partial charge in [0.25, 0.3) is 0 Å². The first-order valence-electron chi connectivity index (χ1n) is 11.6. The van der Waals surface area contributed by atoms with E-state index in [1.807, 2.05) is 55.5 Å². The van der Waals surface area contributed by atoms with Crippen molar-refractivity contribution in [2.45, 2.75) is 26.4 Å². The summed E-state index contributed by atoms with van der Waals surface area (Å²) in [6.45, 7) is 3.84. The summed E-state index contributed by atoms with van der Waals surface area (Å²) < 4.78 is 6.99. The van der Waals surface area contributed by atoms with E-state index < -0.39 is 0 Å². The predicted molar refractivity (Wildman–Crippen MR) is 131 cm³/mol. The number of para-hydroxylation sites is 1. The lowest BCUT2D eigenvalue weighted by Gasteiger charge is -2.34. The number of carbonyl (C=O) groups is 3. The zero-order chi connectivity index (χ0) is 24.6. The minimum absolute atomic E-state index is 0.00184. The molecule has 0 saturated carbocycles. The van der Waals surface area contributed by atoms with Crippen LogP contribution < -0.4 is 10.1 Å². The molecule has 3 aromatic rings. The smallest absolute Gasteiger partial charge is 0.244 e. The van der Waals surface area contributed by atoms with Crippen molar-refractivity contribution in [2.24, 2.45) is 0 Å². The Balaban J connectivity index is 1.21. The SMILES string of the molecule is Cc1cccc(CN2CCN(C(=O)Cn3cc(NC(=O)CCOc4ccccc4)cn3)CC2=O)c1. The van der Waals surface area contributed by atoms with Gasteiger partial charge in [-0.2, -0.15) is 5.10 Å². The van der Waals surface area contributed by atoms with E-state index >= 15 is 0 Å². The van der Waals surface area contributed by atoms with Gasteiger partial charge in [0, 0.05) is 25.8 Å². The quantitative estimate of drug-likeness (QED) is 0.513. The zero-order valence-electron chi connectivity index (χ0n) is 19.7. The van der Waals surface area contributed by atoms with Crippen LogP contribution >= 0.6 is 0 Å². The topological polar surface area (TPSA) is 96.8 Å². The average molecular weight is 476 g/mol. The molecule has 1 fully saturated rings. The molecule has 9 nitrogen and oxygen atoms in total. The number of piperazine rings is 1. The van der Waals surface area contributed by atoms with Crippen LogP contribution in [0.3, 0.4) is 0 Å². The van der Waals surface area contributed by atoms with Crippen molar-refractivity contribution >= 4 is 23.4 Å². The van der Waals surface area contributed by atoms with Crippen LogP contribution in [0.15, 0.2) is 67.0 Å². The normalized spacial score (nSPS) is 13.6. The fourth-order valence-electron chi connectivity index (χ4n) is 3.87. The summed E-state index contributed by atoms with van der Waals surface area (Å²) in [5, 5.41) is 6.91. The molecule has 0 bridgehead atoms. The van der Waals surface area contributed by atoms with E-state index in [0.29, 0.717) is 31.1 Å². The van der Waals surface area contributed by atoms with Crippen molar-refractivity contribution in [3.05, 3.63) is 78.1 Å². The summed E-state index contributed by atoms with van der Waals surface area (Å²) in [4.78, 5) is 40.8. The van der Waals surface area contributed by atoms with Crippen molar-refractivity contribution in [1.82, 2.24) is 19.6 Å². The standard InChI is InChI=1S/C26H29N5O4/c1-20-6-5-7-21(14-20)16-29-11-12-30(18-25(29)33)26(34)19-31-17-22(15-27-31)28-24(32)10-13-35-23-8-3-2-4-9-23/h2-9,14-15,17H,10-13,16,18-19H2,1H3,(H,28,32). The van der Waals surface area contributed by atoms with Crippen molar-refractivity contribution in [2.75, 3.05) is 31.6 Å². The third-order valence-corrected chi connectivity index (χ3v) is 5.68. The molecule has 0 radical (unpaired) electrons. The Bertz CT molecular complexity index is 1180. The number of nitrogens with one attached hydrogen (secondary N) is 1. The fourth-order valence-corrected chi connectivity index (χ4v) is 3.87. The van der Waals surface area contributed by atoms with Gasteiger partial charge in [-0.3, -0.25) is 19.1 Å². The first-order valence-corrected chi connectivity index (χ1v) is 11.6. The Kier molecular flexibility index (Phi) is 7.77. The first-order chi connectivity index (χ1) is 17.0. The van der Waals surface area contributed by atoms with E-state index in [4.69, 9.17) is 4.74 Å². The van der Waals surface area contributed by atoms with Gasteiger partial charge in [0.15, 0.2) is 0 Å². The summed E-state index contributed by atoms with van der Waals surface area (Å²) in [6, 6.07) is 17.4. The molecule has 182 valence electrons. The van der Waals surface area contributed by atoms with Crippen LogP contribution in [0.2, 0.25) is 0 Å².